The van der Waals surface area contributed by atoms with Crippen molar-refractivity contribution in [2.24, 2.45) is 0 Å². The summed E-state index contributed by atoms with van der Waals surface area (Å²) < 4.78 is 39.3. The Bertz CT molecular complexity index is 778. The van der Waals surface area contributed by atoms with Crippen molar-refractivity contribution >= 4 is 43.7 Å². The van der Waals surface area contributed by atoms with Gasteiger partial charge in [0.05, 0.1) is 26.0 Å². The lowest BCUT2D eigenvalue weighted by Crippen LogP contribution is -2.50. The van der Waals surface area contributed by atoms with Crippen LogP contribution in [-0.2, 0) is 23.8 Å². The highest BCUT2D eigenvalue weighted by Gasteiger charge is 2.34. The number of ether oxygens (including phenoxy) is 2. The second-order valence-electron chi connectivity index (χ2n) is 7.17. The molecule has 2 atom stereocenters. The molecule has 2 heterocycles. The molecule has 11 heteroatoms. The predicted molar refractivity (Wildman–Crippen MR) is 103 cm³/mol. The average molecular weight is 486 g/mol. The molecule has 1 amide bonds. The van der Waals surface area contributed by atoms with Crippen LogP contribution in [-0.4, -0.2) is 62.1 Å². The van der Waals surface area contributed by atoms with Crippen molar-refractivity contribution in [3.63, 3.8) is 0 Å². The average Bonchev–Trinajstić information content (AvgIpc) is 2.49. The molecule has 0 aromatic carbocycles. The van der Waals surface area contributed by atoms with Crippen LogP contribution in [0.25, 0.3) is 0 Å². The summed E-state index contributed by atoms with van der Waals surface area (Å²) in [6.45, 7) is 5.46. The molecule has 0 bridgehead atoms. The molecule has 0 radical (unpaired) electrons. The minimum absolute atomic E-state index is 0.140. The number of halogens is 2. The second kappa shape index (κ2) is 8.60. The number of carbonyl (C=O) groups excluding carboxylic acids is 1. The van der Waals surface area contributed by atoms with Crippen LogP contribution in [0.2, 0.25) is 5.15 Å². The van der Waals surface area contributed by atoms with Gasteiger partial charge in [0.1, 0.15) is 27.6 Å². The van der Waals surface area contributed by atoms with Gasteiger partial charge in [0.15, 0.2) is 0 Å². The lowest BCUT2D eigenvalue weighted by Gasteiger charge is -2.38. The minimum atomic E-state index is -3.64. The van der Waals surface area contributed by atoms with Crippen LogP contribution in [0, 0.1) is 0 Å². The number of hydrogen-bond acceptors (Lipinski definition) is 7. The van der Waals surface area contributed by atoms with Gasteiger partial charge >= 0.3 is 6.09 Å². The summed E-state index contributed by atoms with van der Waals surface area (Å²) >= 11 is 9.28. The van der Waals surface area contributed by atoms with E-state index in [1.807, 2.05) is 0 Å². The van der Waals surface area contributed by atoms with Crippen molar-refractivity contribution in [3.05, 3.63) is 27.5 Å². The standard InChI is InChI=1S/C16H22BrClN2O6S/c1-16(2,3)26-15(21)20-7-11(9-24-27(4,22)23)25-12(8-20)10-5-13(17)19-14(18)6-10/h5-6,11-12H,7-9H2,1-4H3/t11-,12-/m0/s1. The van der Waals surface area contributed by atoms with E-state index in [2.05, 4.69) is 20.9 Å². The predicted octanol–water partition coefficient (Wildman–Crippen LogP) is 3.15. The van der Waals surface area contributed by atoms with Gasteiger partial charge in [0.2, 0.25) is 0 Å². The smallest absolute Gasteiger partial charge is 0.410 e. The van der Waals surface area contributed by atoms with Gasteiger partial charge in [-0.3, -0.25) is 4.18 Å². The first-order valence-corrected chi connectivity index (χ1v) is 11.1. The first-order valence-electron chi connectivity index (χ1n) is 8.13. The quantitative estimate of drug-likeness (QED) is 0.477. The van der Waals surface area contributed by atoms with E-state index in [-0.39, 0.29) is 24.8 Å². The van der Waals surface area contributed by atoms with Gasteiger partial charge in [-0.2, -0.15) is 8.42 Å². The number of rotatable bonds is 4. The summed E-state index contributed by atoms with van der Waals surface area (Å²) in [6, 6.07) is 3.35. The highest BCUT2D eigenvalue weighted by molar-refractivity contribution is 9.10. The maximum absolute atomic E-state index is 12.5. The van der Waals surface area contributed by atoms with E-state index < -0.39 is 34.0 Å². The Morgan fingerprint density at radius 1 is 1.41 bits per heavy atom. The maximum Gasteiger partial charge on any atom is 0.410 e. The minimum Gasteiger partial charge on any atom is -0.444 e. The Labute approximate surface area is 172 Å². The Kier molecular flexibility index (Phi) is 7.12. The lowest BCUT2D eigenvalue weighted by atomic mass is 10.1. The van der Waals surface area contributed by atoms with Crippen molar-refractivity contribution in [1.29, 1.82) is 0 Å². The normalized spacial score (nSPS) is 21.2. The Morgan fingerprint density at radius 3 is 2.63 bits per heavy atom. The first-order chi connectivity index (χ1) is 12.3. The molecule has 0 saturated carbocycles. The molecule has 1 aromatic heterocycles. The molecule has 1 saturated heterocycles. The molecule has 1 aliphatic heterocycles. The summed E-state index contributed by atoms with van der Waals surface area (Å²) in [5.74, 6) is 0. The third kappa shape index (κ3) is 7.53. The fourth-order valence-corrected chi connectivity index (χ4v) is 3.63. The van der Waals surface area contributed by atoms with E-state index in [4.69, 9.17) is 25.3 Å². The van der Waals surface area contributed by atoms with E-state index in [0.29, 0.717) is 10.2 Å². The second-order valence-corrected chi connectivity index (χ2v) is 10.0. The van der Waals surface area contributed by atoms with Crippen LogP contribution < -0.4 is 0 Å². The number of amides is 1. The van der Waals surface area contributed by atoms with Crippen LogP contribution in [0.5, 0.6) is 0 Å². The van der Waals surface area contributed by atoms with Crippen LogP contribution >= 0.6 is 27.5 Å². The zero-order valence-electron chi connectivity index (χ0n) is 15.4. The van der Waals surface area contributed by atoms with Crippen molar-refractivity contribution < 1.29 is 26.9 Å². The lowest BCUT2D eigenvalue weighted by molar-refractivity contribution is -0.101. The topological polar surface area (TPSA) is 95.0 Å². The molecule has 2 rings (SSSR count). The van der Waals surface area contributed by atoms with E-state index in [9.17, 15) is 13.2 Å². The molecule has 1 aromatic rings. The summed E-state index contributed by atoms with van der Waals surface area (Å²) in [5, 5.41) is 0.265. The van der Waals surface area contributed by atoms with Gasteiger partial charge in [0, 0.05) is 0 Å². The van der Waals surface area contributed by atoms with Gasteiger partial charge in [-0.1, -0.05) is 11.6 Å². The summed E-state index contributed by atoms with van der Waals surface area (Å²) in [5.41, 5.74) is 0.0339. The van der Waals surface area contributed by atoms with E-state index in [1.54, 1.807) is 32.9 Å². The van der Waals surface area contributed by atoms with Crippen LogP contribution in [0.1, 0.15) is 32.4 Å². The number of carbonyl (C=O) groups is 1. The molecule has 8 nitrogen and oxygen atoms in total. The highest BCUT2D eigenvalue weighted by Crippen LogP contribution is 2.29. The first kappa shape index (κ1) is 22.4. The molecule has 1 aliphatic rings. The van der Waals surface area contributed by atoms with Crippen molar-refractivity contribution in [3.8, 4) is 0 Å². The van der Waals surface area contributed by atoms with Gasteiger partial charge < -0.3 is 14.4 Å². The van der Waals surface area contributed by atoms with Gasteiger partial charge in [-0.25, -0.2) is 9.78 Å². The zero-order valence-corrected chi connectivity index (χ0v) is 18.6. The van der Waals surface area contributed by atoms with Crippen LogP contribution in [0.3, 0.4) is 0 Å². The highest BCUT2D eigenvalue weighted by atomic mass is 79.9. The Hall–Kier alpha value is -0.940. The molecular formula is C16H22BrClN2O6S. The van der Waals surface area contributed by atoms with E-state index >= 15 is 0 Å². The fourth-order valence-electron chi connectivity index (χ4n) is 2.46. The maximum atomic E-state index is 12.5. The summed E-state index contributed by atoms with van der Waals surface area (Å²) in [4.78, 5) is 18.0. The van der Waals surface area contributed by atoms with Crippen LogP contribution in [0.4, 0.5) is 4.79 Å². The largest absolute Gasteiger partial charge is 0.444 e. The molecule has 0 aliphatic carbocycles. The SMILES string of the molecule is CC(C)(C)OC(=O)N1C[C@@H](COS(C)(=O)=O)O[C@H](c2cc(Cl)nc(Br)c2)C1. The van der Waals surface area contributed by atoms with Crippen molar-refractivity contribution in [2.45, 2.75) is 38.6 Å². The molecular weight excluding hydrogens is 464 g/mol. The Morgan fingerprint density at radius 2 is 2.07 bits per heavy atom. The molecule has 0 N–H and O–H groups in total. The third-order valence-electron chi connectivity index (χ3n) is 3.44. The number of morpholine rings is 1. The van der Waals surface area contributed by atoms with Crippen molar-refractivity contribution in [2.75, 3.05) is 26.0 Å². The number of nitrogens with zero attached hydrogens (tertiary/aromatic N) is 2. The summed E-state index contributed by atoms with van der Waals surface area (Å²) in [6.07, 6.45) is -0.758. The molecule has 27 heavy (non-hydrogen) atoms. The summed E-state index contributed by atoms with van der Waals surface area (Å²) in [7, 11) is -3.64. The number of pyridine rings is 1. The van der Waals surface area contributed by atoms with Gasteiger partial charge in [0.25, 0.3) is 10.1 Å². The van der Waals surface area contributed by atoms with Gasteiger partial charge in [-0.15, -0.1) is 0 Å². The van der Waals surface area contributed by atoms with E-state index in [0.717, 1.165) is 6.26 Å². The van der Waals surface area contributed by atoms with Crippen LogP contribution in [0.15, 0.2) is 16.7 Å². The third-order valence-corrected chi connectivity index (χ3v) is 4.61. The van der Waals surface area contributed by atoms with E-state index in [1.165, 1.54) is 4.90 Å². The van der Waals surface area contributed by atoms with Gasteiger partial charge in [-0.05, 0) is 54.4 Å². The fraction of sp³-hybridized carbons (Fsp3) is 0.625. The van der Waals surface area contributed by atoms with Crippen molar-refractivity contribution in [1.82, 2.24) is 9.88 Å². The number of aromatic nitrogens is 1. The zero-order chi connectivity index (χ0) is 20.4. The molecule has 0 spiro atoms. The molecule has 0 unspecified atom stereocenters. The molecule has 1 fully saturated rings. The monoisotopic (exact) mass is 484 g/mol. The molecule has 152 valence electrons. The Balaban J connectivity index is 2.23. The number of hydrogen-bond donors (Lipinski definition) is 0.